The third kappa shape index (κ3) is 6.53. The van der Waals surface area contributed by atoms with Gasteiger partial charge in [-0.3, -0.25) is 4.79 Å². The van der Waals surface area contributed by atoms with Crippen molar-refractivity contribution < 1.29 is 23.1 Å². The van der Waals surface area contributed by atoms with Gasteiger partial charge in [-0.15, -0.1) is 0 Å². The van der Waals surface area contributed by atoms with Gasteiger partial charge in [-0.1, -0.05) is 72.8 Å². The molecule has 1 N–H and O–H groups in total. The molecule has 35 heavy (non-hydrogen) atoms. The lowest BCUT2D eigenvalue weighted by molar-refractivity contribution is -0.146. The van der Waals surface area contributed by atoms with Gasteiger partial charge in [0, 0.05) is 5.39 Å². The highest BCUT2D eigenvalue weighted by molar-refractivity contribution is 9.11. The quantitative estimate of drug-likeness (QED) is 0.153. The summed E-state index contributed by atoms with van der Waals surface area (Å²) >= 11 is 6.84. The standard InChI is InChI=1S/C26H22Br2NO5P/c1-18(26(30)32-17-19-9-3-2-4-10-19)29-35(31,34-25-22(27)14-8-15-23(25)28)33-24-16-7-12-20-11-5-6-13-21(20)24/h2-16,18H,17H2,1H3,(H,29,31)/t18-,35?/m0/s1. The van der Waals surface area contributed by atoms with E-state index in [1.807, 2.05) is 60.7 Å². The lowest BCUT2D eigenvalue weighted by Gasteiger charge is -2.24. The molecular formula is C26H22Br2NO5P. The highest BCUT2D eigenvalue weighted by atomic mass is 79.9. The van der Waals surface area contributed by atoms with Gasteiger partial charge in [-0.2, -0.15) is 5.09 Å². The highest BCUT2D eigenvalue weighted by Crippen LogP contribution is 2.50. The Morgan fingerprint density at radius 2 is 1.49 bits per heavy atom. The minimum Gasteiger partial charge on any atom is -0.460 e. The highest BCUT2D eigenvalue weighted by Gasteiger charge is 2.35. The number of hydrogen-bond donors (Lipinski definition) is 1. The summed E-state index contributed by atoms with van der Waals surface area (Å²) in [6, 6.07) is 26.6. The van der Waals surface area contributed by atoms with Crippen LogP contribution in [0.25, 0.3) is 10.8 Å². The molecule has 0 saturated carbocycles. The summed E-state index contributed by atoms with van der Waals surface area (Å²) in [5, 5.41) is 4.41. The summed E-state index contributed by atoms with van der Waals surface area (Å²) < 4.78 is 32.5. The first kappa shape index (κ1) is 25.5. The maximum absolute atomic E-state index is 14.1. The maximum Gasteiger partial charge on any atom is 0.513 e. The number of nitrogens with one attached hydrogen (secondary N) is 1. The fraction of sp³-hybridized carbons (Fsp3) is 0.115. The molecule has 9 heteroatoms. The molecule has 0 saturated heterocycles. The number of ether oxygens (including phenoxy) is 1. The molecule has 0 heterocycles. The van der Waals surface area contributed by atoms with Crippen molar-refractivity contribution in [3.63, 3.8) is 0 Å². The molecule has 180 valence electrons. The average molecular weight is 619 g/mol. The van der Waals surface area contributed by atoms with E-state index in [0.29, 0.717) is 14.7 Å². The molecule has 0 aliphatic heterocycles. The molecule has 4 rings (SSSR count). The molecule has 0 amide bonds. The number of carbonyl (C=O) groups excluding carboxylic acids is 1. The van der Waals surface area contributed by atoms with Crippen molar-refractivity contribution in [1.82, 2.24) is 5.09 Å². The summed E-state index contributed by atoms with van der Waals surface area (Å²) in [4.78, 5) is 12.7. The molecule has 0 fully saturated rings. The number of halogens is 2. The van der Waals surface area contributed by atoms with Crippen molar-refractivity contribution >= 4 is 56.3 Å². The molecule has 6 nitrogen and oxygen atoms in total. The molecule has 0 bridgehead atoms. The van der Waals surface area contributed by atoms with Gasteiger partial charge in [-0.25, -0.2) is 4.57 Å². The number of hydrogen-bond acceptors (Lipinski definition) is 5. The van der Waals surface area contributed by atoms with Gasteiger partial charge in [0.25, 0.3) is 0 Å². The van der Waals surface area contributed by atoms with Crippen LogP contribution < -0.4 is 14.1 Å². The second kappa shape index (κ2) is 11.4. The van der Waals surface area contributed by atoms with Crippen molar-refractivity contribution in [3.8, 4) is 11.5 Å². The average Bonchev–Trinajstić information content (AvgIpc) is 2.86. The second-order valence-corrected chi connectivity index (χ2v) is 11.0. The zero-order chi connectivity index (χ0) is 24.8. The first-order valence-corrected chi connectivity index (χ1v) is 13.9. The van der Waals surface area contributed by atoms with Gasteiger partial charge < -0.3 is 13.8 Å². The Hall–Kier alpha value is -2.64. The molecular weight excluding hydrogens is 597 g/mol. The first-order valence-electron chi connectivity index (χ1n) is 10.7. The Kier molecular flexibility index (Phi) is 8.29. The Morgan fingerprint density at radius 3 is 2.23 bits per heavy atom. The van der Waals surface area contributed by atoms with Crippen molar-refractivity contribution in [2.24, 2.45) is 0 Å². The summed E-state index contributed by atoms with van der Waals surface area (Å²) in [5.41, 5.74) is 0.844. The molecule has 0 radical (unpaired) electrons. The van der Waals surface area contributed by atoms with Crippen LogP contribution in [0.2, 0.25) is 0 Å². The topological polar surface area (TPSA) is 73.9 Å². The third-order valence-electron chi connectivity index (χ3n) is 5.03. The van der Waals surface area contributed by atoms with E-state index >= 15 is 0 Å². The van der Waals surface area contributed by atoms with Crippen molar-refractivity contribution in [1.29, 1.82) is 0 Å². The van der Waals surface area contributed by atoms with Crippen LogP contribution >= 0.6 is 39.6 Å². The van der Waals surface area contributed by atoms with E-state index in [-0.39, 0.29) is 12.4 Å². The molecule has 0 aliphatic carbocycles. The number of fused-ring (bicyclic) bond motifs is 1. The summed E-state index contributed by atoms with van der Waals surface area (Å²) in [6.45, 7) is 1.64. The number of carbonyl (C=O) groups is 1. The van der Waals surface area contributed by atoms with Crippen LogP contribution in [0.15, 0.2) is 99.9 Å². The number of benzene rings is 4. The monoisotopic (exact) mass is 617 g/mol. The number of esters is 1. The van der Waals surface area contributed by atoms with E-state index in [2.05, 4.69) is 36.9 Å². The Morgan fingerprint density at radius 1 is 0.857 bits per heavy atom. The molecule has 4 aromatic rings. The molecule has 2 atom stereocenters. The van der Waals surface area contributed by atoms with Gasteiger partial charge in [0.15, 0.2) is 5.75 Å². The van der Waals surface area contributed by atoms with Crippen molar-refractivity contribution in [3.05, 3.63) is 106 Å². The zero-order valence-corrected chi connectivity index (χ0v) is 22.8. The normalized spacial score (nSPS) is 13.6. The lowest BCUT2D eigenvalue weighted by Crippen LogP contribution is -2.35. The summed E-state index contributed by atoms with van der Waals surface area (Å²) in [6.07, 6.45) is 0. The zero-order valence-electron chi connectivity index (χ0n) is 18.7. The van der Waals surface area contributed by atoms with E-state index in [9.17, 15) is 9.36 Å². The number of para-hydroxylation sites is 1. The predicted molar refractivity (Wildman–Crippen MR) is 143 cm³/mol. The smallest absolute Gasteiger partial charge is 0.460 e. The van der Waals surface area contributed by atoms with Gasteiger partial charge in [-0.05, 0) is 67.9 Å². The number of rotatable bonds is 9. The first-order chi connectivity index (χ1) is 16.8. The minimum atomic E-state index is -4.14. The van der Waals surface area contributed by atoms with Crippen molar-refractivity contribution in [2.75, 3.05) is 0 Å². The van der Waals surface area contributed by atoms with Crippen LogP contribution in [-0.4, -0.2) is 12.0 Å². The summed E-state index contributed by atoms with van der Waals surface area (Å²) in [7, 11) is -4.14. The van der Waals surface area contributed by atoms with Crippen LogP contribution in [0.1, 0.15) is 12.5 Å². The largest absolute Gasteiger partial charge is 0.513 e. The van der Waals surface area contributed by atoms with Crippen LogP contribution in [0.3, 0.4) is 0 Å². The lowest BCUT2D eigenvalue weighted by atomic mass is 10.1. The summed E-state index contributed by atoms with van der Waals surface area (Å²) in [5.74, 6) is 0.0331. The predicted octanol–water partition coefficient (Wildman–Crippen LogP) is 7.65. The Bertz CT molecular complexity index is 1360. The second-order valence-electron chi connectivity index (χ2n) is 7.65. The SMILES string of the molecule is C[C@H](NP(=O)(Oc1c(Br)cccc1Br)Oc1cccc2ccccc12)C(=O)OCc1ccccc1. The Balaban J connectivity index is 1.60. The molecule has 0 aromatic heterocycles. The van der Waals surface area contributed by atoms with Crippen LogP contribution in [-0.2, 0) is 20.7 Å². The Labute approximate surface area is 220 Å². The van der Waals surface area contributed by atoms with Gasteiger partial charge in [0.05, 0.1) is 8.95 Å². The van der Waals surface area contributed by atoms with Crippen LogP contribution in [0.4, 0.5) is 0 Å². The van der Waals surface area contributed by atoms with Gasteiger partial charge >= 0.3 is 13.7 Å². The van der Waals surface area contributed by atoms with E-state index in [1.165, 1.54) is 0 Å². The van der Waals surface area contributed by atoms with Crippen molar-refractivity contribution in [2.45, 2.75) is 19.6 Å². The van der Waals surface area contributed by atoms with Gasteiger partial charge in [0.1, 0.15) is 18.4 Å². The molecule has 0 aliphatic rings. The van der Waals surface area contributed by atoms with E-state index in [0.717, 1.165) is 16.3 Å². The molecule has 1 unspecified atom stereocenters. The van der Waals surface area contributed by atoms with E-state index < -0.39 is 19.8 Å². The van der Waals surface area contributed by atoms with Crippen LogP contribution in [0, 0.1) is 0 Å². The van der Waals surface area contributed by atoms with Gasteiger partial charge in [0.2, 0.25) is 0 Å². The molecule has 4 aromatic carbocycles. The molecule has 0 spiro atoms. The third-order valence-corrected chi connectivity index (χ3v) is 7.84. The fourth-order valence-corrected chi connectivity index (χ4v) is 6.30. The van der Waals surface area contributed by atoms with Crippen LogP contribution in [0.5, 0.6) is 11.5 Å². The van der Waals surface area contributed by atoms with E-state index in [4.69, 9.17) is 13.8 Å². The maximum atomic E-state index is 14.1. The minimum absolute atomic E-state index is 0.0941. The van der Waals surface area contributed by atoms with E-state index in [1.54, 1.807) is 37.3 Å². The fourth-order valence-electron chi connectivity index (χ4n) is 3.31.